The molecule has 2 aromatic rings. The van der Waals surface area contributed by atoms with Gasteiger partial charge >= 0.3 is 0 Å². The van der Waals surface area contributed by atoms with Crippen LogP contribution >= 0.6 is 0 Å². The van der Waals surface area contributed by atoms with Crippen molar-refractivity contribution in [1.82, 2.24) is 10.3 Å². The van der Waals surface area contributed by atoms with Gasteiger partial charge < -0.3 is 15.0 Å². The van der Waals surface area contributed by atoms with Crippen molar-refractivity contribution in [2.45, 2.75) is 32.2 Å². The van der Waals surface area contributed by atoms with Gasteiger partial charge in [-0.3, -0.25) is 4.79 Å². The van der Waals surface area contributed by atoms with Gasteiger partial charge in [-0.1, -0.05) is 6.07 Å². The molecule has 0 aliphatic heterocycles. The minimum atomic E-state index is -0.357. The van der Waals surface area contributed by atoms with Gasteiger partial charge in [0.1, 0.15) is 11.8 Å². The summed E-state index contributed by atoms with van der Waals surface area (Å²) in [6.07, 6.45) is 4.14. The molecule has 1 aromatic carbocycles. The van der Waals surface area contributed by atoms with E-state index in [0.29, 0.717) is 12.5 Å². The van der Waals surface area contributed by atoms with Crippen LogP contribution in [0, 0.1) is 17.2 Å². The summed E-state index contributed by atoms with van der Waals surface area (Å²) < 4.78 is 5.65. The lowest BCUT2D eigenvalue weighted by molar-refractivity contribution is -0.120. The normalized spacial score (nSPS) is 15.3. The fourth-order valence-electron chi connectivity index (χ4n) is 2.72. The number of fused-ring (bicyclic) bond motifs is 1. The Labute approximate surface area is 129 Å². The molecule has 1 heterocycles. The van der Waals surface area contributed by atoms with E-state index < -0.39 is 0 Å². The molecule has 1 aliphatic carbocycles. The Bertz CT molecular complexity index is 725. The van der Waals surface area contributed by atoms with Gasteiger partial charge in [0, 0.05) is 17.1 Å². The highest BCUT2D eigenvalue weighted by atomic mass is 16.5. The maximum atomic E-state index is 12.2. The molecule has 1 aliphatic rings. The predicted octanol–water partition coefficient (Wildman–Crippen LogP) is 2.53. The van der Waals surface area contributed by atoms with Crippen molar-refractivity contribution in [1.29, 1.82) is 5.26 Å². The van der Waals surface area contributed by atoms with Crippen LogP contribution in [-0.2, 0) is 11.2 Å². The minimum Gasteiger partial charge on any atom is -0.493 e. The molecule has 0 unspecified atom stereocenters. The summed E-state index contributed by atoms with van der Waals surface area (Å²) in [6.45, 7) is 2.51. The van der Waals surface area contributed by atoms with Crippen molar-refractivity contribution in [3.8, 4) is 11.8 Å². The Kier molecular flexibility index (Phi) is 4.01. The smallest absolute Gasteiger partial charge is 0.225 e. The molecule has 2 N–H and O–H groups in total. The van der Waals surface area contributed by atoms with Crippen LogP contribution in [0.2, 0.25) is 0 Å². The molecule has 3 rings (SSSR count). The third-order valence-electron chi connectivity index (χ3n) is 3.95. The van der Waals surface area contributed by atoms with Crippen molar-refractivity contribution >= 4 is 16.8 Å². The maximum Gasteiger partial charge on any atom is 0.225 e. The molecule has 5 heteroatoms. The van der Waals surface area contributed by atoms with Gasteiger partial charge in [-0.05, 0) is 43.4 Å². The molecule has 0 spiro atoms. The van der Waals surface area contributed by atoms with Crippen molar-refractivity contribution in [3.63, 3.8) is 0 Å². The number of nitrogens with zero attached hydrogens (tertiary/aromatic N) is 1. The van der Waals surface area contributed by atoms with Gasteiger partial charge in [0.15, 0.2) is 0 Å². The highest BCUT2D eigenvalue weighted by molar-refractivity contribution is 5.93. The first-order valence-electron chi connectivity index (χ1n) is 7.63. The monoisotopic (exact) mass is 297 g/mol. The average molecular weight is 297 g/mol. The number of nitrogens with one attached hydrogen (secondary N) is 2. The van der Waals surface area contributed by atoms with E-state index in [0.717, 1.165) is 35.1 Å². The van der Waals surface area contributed by atoms with Crippen molar-refractivity contribution in [3.05, 3.63) is 30.0 Å². The van der Waals surface area contributed by atoms with Gasteiger partial charge in [0.2, 0.25) is 5.91 Å². The van der Waals surface area contributed by atoms with E-state index in [2.05, 4.69) is 16.4 Å². The number of carbonyl (C=O) groups is 1. The van der Waals surface area contributed by atoms with Crippen molar-refractivity contribution in [2.24, 2.45) is 5.92 Å². The Hall–Kier alpha value is -2.48. The van der Waals surface area contributed by atoms with Crippen LogP contribution in [0.4, 0.5) is 0 Å². The molecule has 1 atom stereocenters. The molecule has 5 nitrogen and oxygen atoms in total. The summed E-state index contributed by atoms with van der Waals surface area (Å²) in [5.41, 5.74) is 1.84. The number of amides is 1. The largest absolute Gasteiger partial charge is 0.493 e. The molecule has 1 aromatic heterocycles. The van der Waals surface area contributed by atoms with Crippen LogP contribution < -0.4 is 10.1 Å². The van der Waals surface area contributed by atoms with Gasteiger partial charge in [-0.25, -0.2) is 0 Å². The van der Waals surface area contributed by atoms with Gasteiger partial charge in [0.05, 0.1) is 19.1 Å². The number of carbonyl (C=O) groups excluding carboxylic acids is 1. The first-order valence-corrected chi connectivity index (χ1v) is 7.63. The van der Waals surface area contributed by atoms with Gasteiger partial charge in [-0.15, -0.1) is 0 Å². The Balaban J connectivity index is 1.78. The van der Waals surface area contributed by atoms with Crippen LogP contribution in [0.25, 0.3) is 10.9 Å². The molecular formula is C17H19N3O2. The van der Waals surface area contributed by atoms with E-state index in [-0.39, 0.29) is 18.4 Å². The lowest BCUT2D eigenvalue weighted by atomic mass is 10.1. The van der Waals surface area contributed by atoms with Crippen LogP contribution in [-0.4, -0.2) is 23.5 Å². The summed E-state index contributed by atoms with van der Waals surface area (Å²) in [7, 11) is 0. The predicted molar refractivity (Wildman–Crippen MR) is 83.4 cm³/mol. The van der Waals surface area contributed by atoms with Crippen molar-refractivity contribution in [2.75, 3.05) is 6.61 Å². The highest BCUT2D eigenvalue weighted by Gasteiger charge is 2.32. The number of aromatic amines is 1. The summed E-state index contributed by atoms with van der Waals surface area (Å²) >= 11 is 0. The summed E-state index contributed by atoms with van der Waals surface area (Å²) in [5.74, 6) is 0.990. The zero-order valence-electron chi connectivity index (χ0n) is 12.6. The third-order valence-corrected chi connectivity index (χ3v) is 3.95. The second-order valence-electron chi connectivity index (χ2n) is 5.61. The standard InChI is InChI=1S/C17H19N3O2/c1-2-22-15-5-3-4-13-17(15)12(10-19-13)8-16(21)20-14(9-18)11-6-7-11/h3-5,10-11,14,19H,2,6-8H2,1H3,(H,20,21)/t14-/m0/s1. The first-order chi connectivity index (χ1) is 10.7. The van der Waals surface area contributed by atoms with E-state index in [1.54, 1.807) is 0 Å². The lowest BCUT2D eigenvalue weighted by Crippen LogP contribution is -2.36. The molecule has 22 heavy (non-hydrogen) atoms. The molecule has 0 bridgehead atoms. The average Bonchev–Trinajstić information content (AvgIpc) is 3.28. The summed E-state index contributed by atoms with van der Waals surface area (Å²) in [6, 6.07) is 7.61. The molecule has 1 saturated carbocycles. The maximum absolute atomic E-state index is 12.2. The van der Waals surface area contributed by atoms with E-state index in [1.165, 1.54) is 0 Å². The molecule has 0 saturated heterocycles. The number of rotatable bonds is 6. The number of aromatic nitrogens is 1. The first kappa shape index (κ1) is 14.5. The topological polar surface area (TPSA) is 77.9 Å². The van der Waals surface area contributed by atoms with Crippen LogP contribution in [0.3, 0.4) is 0 Å². The number of ether oxygens (including phenoxy) is 1. The van der Waals surface area contributed by atoms with E-state index in [1.807, 2.05) is 31.3 Å². The Morgan fingerprint density at radius 1 is 1.55 bits per heavy atom. The number of hydrogen-bond acceptors (Lipinski definition) is 3. The Morgan fingerprint density at radius 2 is 2.36 bits per heavy atom. The molecule has 114 valence electrons. The van der Waals surface area contributed by atoms with E-state index in [9.17, 15) is 4.79 Å². The molecular weight excluding hydrogens is 278 g/mol. The number of nitriles is 1. The molecule has 1 fully saturated rings. The molecule has 0 radical (unpaired) electrons. The van der Waals surface area contributed by atoms with Gasteiger partial charge in [0.25, 0.3) is 0 Å². The number of H-pyrrole nitrogens is 1. The fraction of sp³-hybridized carbons (Fsp3) is 0.412. The van der Waals surface area contributed by atoms with Crippen LogP contribution in [0.15, 0.2) is 24.4 Å². The highest BCUT2D eigenvalue weighted by Crippen LogP contribution is 2.32. The number of hydrogen-bond donors (Lipinski definition) is 2. The fourth-order valence-corrected chi connectivity index (χ4v) is 2.72. The number of benzene rings is 1. The van der Waals surface area contributed by atoms with E-state index >= 15 is 0 Å². The zero-order chi connectivity index (χ0) is 15.5. The van der Waals surface area contributed by atoms with E-state index in [4.69, 9.17) is 10.00 Å². The summed E-state index contributed by atoms with van der Waals surface area (Å²) in [4.78, 5) is 15.4. The molecule has 1 amide bonds. The van der Waals surface area contributed by atoms with Crippen LogP contribution in [0.5, 0.6) is 5.75 Å². The third kappa shape index (κ3) is 2.91. The van der Waals surface area contributed by atoms with Gasteiger partial charge in [-0.2, -0.15) is 5.26 Å². The lowest BCUT2D eigenvalue weighted by Gasteiger charge is -2.11. The second kappa shape index (κ2) is 6.10. The summed E-state index contributed by atoms with van der Waals surface area (Å²) in [5, 5.41) is 12.9. The SMILES string of the molecule is CCOc1cccc2[nH]cc(CC(=O)N[C@@H](C#N)C3CC3)c12. The quantitative estimate of drug-likeness (QED) is 0.860. The van der Waals surface area contributed by atoms with Crippen LogP contribution in [0.1, 0.15) is 25.3 Å². The van der Waals surface area contributed by atoms with Crippen molar-refractivity contribution < 1.29 is 9.53 Å². The Morgan fingerprint density at radius 3 is 3.05 bits per heavy atom. The minimum absolute atomic E-state index is 0.120. The zero-order valence-corrected chi connectivity index (χ0v) is 12.6. The second-order valence-corrected chi connectivity index (χ2v) is 5.61.